The van der Waals surface area contributed by atoms with Crippen molar-refractivity contribution in [2.75, 3.05) is 46.9 Å². The Hall–Kier alpha value is -2.08. The van der Waals surface area contributed by atoms with Crippen molar-refractivity contribution >= 4 is 11.8 Å². The minimum absolute atomic E-state index is 0.0761. The smallest absolute Gasteiger partial charge is 0.236 e. The number of ether oxygens (including phenoxy) is 1. The van der Waals surface area contributed by atoms with E-state index in [0.717, 1.165) is 11.3 Å². The molecule has 0 radical (unpaired) electrons. The summed E-state index contributed by atoms with van der Waals surface area (Å²) in [4.78, 5) is 29.3. The minimum Gasteiger partial charge on any atom is -0.497 e. The van der Waals surface area contributed by atoms with Gasteiger partial charge in [-0.1, -0.05) is 12.1 Å². The van der Waals surface area contributed by atoms with Crippen LogP contribution in [0.5, 0.6) is 5.75 Å². The van der Waals surface area contributed by atoms with Gasteiger partial charge in [0.25, 0.3) is 0 Å². The number of amides is 2. The molecule has 2 amide bonds. The lowest BCUT2D eigenvalue weighted by atomic mass is 10.2. The number of rotatable bonds is 5. The highest BCUT2D eigenvalue weighted by Gasteiger charge is 2.22. The molecule has 0 aliphatic carbocycles. The number of carbonyl (C=O) groups is 2. The zero-order valence-electron chi connectivity index (χ0n) is 14.1. The average Bonchev–Trinajstić information content (AvgIpc) is 2.54. The van der Waals surface area contributed by atoms with E-state index >= 15 is 0 Å². The Morgan fingerprint density at radius 3 is 2.43 bits per heavy atom. The van der Waals surface area contributed by atoms with Crippen LogP contribution in [0.1, 0.15) is 12.5 Å². The number of hydrogen-bond acceptors (Lipinski definition) is 4. The van der Waals surface area contributed by atoms with E-state index in [2.05, 4.69) is 0 Å². The second-order valence-electron chi connectivity index (χ2n) is 5.91. The molecule has 0 bridgehead atoms. The van der Waals surface area contributed by atoms with E-state index < -0.39 is 0 Å². The molecule has 0 N–H and O–H groups in total. The molecule has 0 saturated carbocycles. The van der Waals surface area contributed by atoms with Crippen molar-refractivity contribution in [3.63, 3.8) is 0 Å². The summed E-state index contributed by atoms with van der Waals surface area (Å²) in [5.41, 5.74) is 1.11. The van der Waals surface area contributed by atoms with Gasteiger partial charge in [-0.25, -0.2) is 0 Å². The Bertz CT molecular complexity index is 554. The maximum absolute atomic E-state index is 12.4. The van der Waals surface area contributed by atoms with E-state index in [1.807, 2.05) is 41.1 Å². The zero-order chi connectivity index (χ0) is 16.8. The van der Waals surface area contributed by atoms with Crippen molar-refractivity contribution < 1.29 is 14.3 Å². The third-order valence-electron chi connectivity index (χ3n) is 4.07. The van der Waals surface area contributed by atoms with Crippen LogP contribution in [0.25, 0.3) is 0 Å². The van der Waals surface area contributed by atoms with Crippen LogP contribution in [-0.4, -0.2) is 73.4 Å². The van der Waals surface area contributed by atoms with Crippen LogP contribution in [0.2, 0.25) is 0 Å². The molecule has 1 heterocycles. The summed E-state index contributed by atoms with van der Waals surface area (Å²) in [7, 11) is 3.58. The fraction of sp³-hybridized carbons (Fsp3) is 0.529. The van der Waals surface area contributed by atoms with Gasteiger partial charge in [-0.15, -0.1) is 0 Å². The molecular formula is C17H25N3O3. The largest absolute Gasteiger partial charge is 0.497 e. The molecule has 1 aliphatic rings. The fourth-order valence-electron chi connectivity index (χ4n) is 2.74. The van der Waals surface area contributed by atoms with E-state index in [1.54, 1.807) is 18.9 Å². The van der Waals surface area contributed by atoms with E-state index in [-0.39, 0.29) is 11.8 Å². The monoisotopic (exact) mass is 319 g/mol. The first-order valence-corrected chi connectivity index (χ1v) is 7.84. The van der Waals surface area contributed by atoms with Gasteiger partial charge < -0.3 is 14.5 Å². The summed E-state index contributed by atoms with van der Waals surface area (Å²) in [5.74, 6) is 1.01. The summed E-state index contributed by atoms with van der Waals surface area (Å²) >= 11 is 0. The Labute approximate surface area is 137 Å². The molecule has 0 aromatic heterocycles. The van der Waals surface area contributed by atoms with Crippen molar-refractivity contribution in [2.24, 2.45) is 0 Å². The number of hydrogen-bond donors (Lipinski definition) is 0. The average molecular weight is 319 g/mol. The molecule has 23 heavy (non-hydrogen) atoms. The molecule has 1 saturated heterocycles. The van der Waals surface area contributed by atoms with Gasteiger partial charge in [0.15, 0.2) is 0 Å². The van der Waals surface area contributed by atoms with Crippen molar-refractivity contribution in [2.45, 2.75) is 13.5 Å². The van der Waals surface area contributed by atoms with Crippen LogP contribution in [0, 0.1) is 0 Å². The number of methoxy groups -OCH3 is 1. The number of nitrogens with zero attached hydrogens (tertiary/aromatic N) is 3. The normalized spacial score (nSPS) is 15.0. The summed E-state index contributed by atoms with van der Waals surface area (Å²) in [5, 5.41) is 0. The highest BCUT2D eigenvalue weighted by molar-refractivity contribution is 5.79. The number of piperazine rings is 1. The molecule has 1 aliphatic heterocycles. The lowest BCUT2D eigenvalue weighted by Gasteiger charge is -2.35. The van der Waals surface area contributed by atoms with Gasteiger partial charge in [0.2, 0.25) is 11.8 Å². The van der Waals surface area contributed by atoms with Gasteiger partial charge in [0, 0.05) is 39.6 Å². The summed E-state index contributed by atoms with van der Waals surface area (Å²) in [6.07, 6.45) is 0. The van der Waals surface area contributed by atoms with E-state index in [1.165, 1.54) is 0 Å². The molecule has 1 aromatic carbocycles. The van der Waals surface area contributed by atoms with Crippen LogP contribution >= 0.6 is 0 Å². The van der Waals surface area contributed by atoms with Gasteiger partial charge in [-0.3, -0.25) is 14.5 Å². The molecule has 1 fully saturated rings. The molecule has 6 heteroatoms. The highest BCUT2D eigenvalue weighted by atomic mass is 16.5. The maximum Gasteiger partial charge on any atom is 0.236 e. The van der Waals surface area contributed by atoms with Gasteiger partial charge in [-0.05, 0) is 24.7 Å². The molecule has 126 valence electrons. The van der Waals surface area contributed by atoms with Gasteiger partial charge in [-0.2, -0.15) is 0 Å². The Morgan fingerprint density at radius 1 is 1.17 bits per heavy atom. The maximum atomic E-state index is 12.4. The standard InChI is InChI=1S/C17H25N3O3/c1-14(21)19-7-9-20(10-8-19)17(22)13-18(2)12-15-5-4-6-16(11-15)23-3/h4-6,11H,7-10,12-13H2,1-3H3. The van der Waals surface area contributed by atoms with Crippen LogP contribution < -0.4 is 4.74 Å². The zero-order valence-corrected chi connectivity index (χ0v) is 14.1. The quantitative estimate of drug-likeness (QED) is 0.806. The molecule has 0 unspecified atom stereocenters. The van der Waals surface area contributed by atoms with Crippen LogP contribution in [-0.2, 0) is 16.1 Å². The van der Waals surface area contributed by atoms with Crippen LogP contribution in [0.15, 0.2) is 24.3 Å². The minimum atomic E-state index is 0.0761. The van der Waals surface area contributed by atoms with Crippen molar-refractivity contribution in [3.05, 3.63) is 29.8 Å². The SMILES string of the molecule is COc1cccc(CN(C)CC(=O)N2CCN(C(C)=O)CC2)c1. The van der Waals surface area contributed by atoms with Gasteiger partial charge >= 0.3 is 0 Å². The molecule has 1 aromatic rings. The Kier molecular flexibility index (Phi) is 5.98. The van der Waals surface area contributed by atoms with E-state index in [0.29, 0.717) is 39.3 Å². The molecule has 2 rings (SSSR count). The third kappa shape index (κ3) is 4.96. The lowest BCUT2D eigenvalue weighted by Crippen LogP contribution is -2.51. The Balaban J connectivity index is 1.81. The molecule has 6 nitrogen and oxygen atoms in total. The number of likely N-dealkylation sites (N-methyl/N-ethyl adjacent to an activating group) is 1. The van der Waals surface area contributed by atoms with Crippen LogP contribution in [0.4, 0.5) is 0 Å². The van der Waals surface area contributed by atoms with Crippen molar-refractivity contribution in [1.82, 2.24) is 14.7 Å². The predicted molar refractivity (Wildman–Crippen MR) is 88.2 cm³/mol. The van der Waals surface area contributed by atoms with Gasteiger partial charge in [0.1, 0.15) is 5.75 Å². The first-order chi connectivity index (χ1) is 11.0. The molecule has 0 spiro atoms. The summed E-state index contributed by atoms with van der Waals surface area (Å²) in [6.45, 7) is 5.12. The fourth-order valence-corrected chi connectivity index (χ4v) is 2.74. The summed E-state index contributed by atoms with van der Waals surface area (Å²) in [6, 6.07) is 7.86. The summed E-state index contributed by atoms with van der Waals surface area (Å²) < 4.78 is 5.22. The topological polar surface area (TPSA) is 53.1 Å². The lowest BCUT2D eigenvalue weighted by molar-refractivity contribution is -0.139. The third-order valence-corrected chi connectivity index (χ3v) is 4.07. The van der Waals surface area contributed by atoms with E-state index in [9.17, 15) is 9.59 Å². The second-order valence-corrected chi connectivity index (χ2v) is 5.91. The molecule has 0 atom stereocenters. The molecular weight excluding hydrogens is 294 g/mol. The van der Waals surface area contributed by atoms with Crippen molar-refractivity contribution in [1.29, 1.82) is 0 Å². The van der Waals surface area contributed by atoms with Gasteiger partial charge in [0.05, 0.1) is 13.7 Å². The highest BCUT2D eigenvalue weighted by Crippen LogP contribution is 2.14. The number of carbonyl (C=O) groups excluding carboxylic acids is 2. The second kappa shape index (κ2) is 7.97. The first kappa shape index (κ1) is 17.3. The predicted octanol–water partition coefficient (Wildman–Crippen LogP) is 0.818. The van der Waals surface area contributed by atoms with Crippen molar-refractivity contribution in [3.8, 4) is 5.75 Å². The Morgan fingerprint density at radius 2 is 1.83 bits per heavy atom. The van der Waals surface area contributed by atoms with E-state index in [4.69, 9.17) is 4.74 Å². The number of benzene rings is 1. The van der Waals surface area contributed by atoms with Crippen LogP contribution in [0.3, 0.4) is 0 Å². The first-order valence-electron chi connectivity index (χ1n) is 7.84.